The quantitative estimate of drug-likeness (QED) is 0.364. The molecule has 1 aromatic carbocycles. The van der Waals surface area contributed by atoms with Crippen LogP contribution in [0.5, 0.6) is 0 Å². The number of allylic oxidation sites excluding steroid dienone is 1. The maximum atomic E-state index is 11.8. The Morgan fingerprint density at radius 3 is 2.65 bits per heavy atom. The van der Waals surface area contributed by atoms with Gasteiger partial charge in [-0.2, -0.15) is 0 Å². The molecule has 0 bridgehead atoms. The molecule has 0 aliphatic heterocycles. The lowest BCUT2D eigenvalue weighted by Crippen LogP contribution is -2.12. The van der Waals surface area contributed by atoms with Gasteiger partial charge < -0.3 is 4.74 Å². The molecule has 0 aliphatic carbocycles. The van der Waals surface area contributed by atoms with Gasteiger partial charge in [0, 0.05) is 0 Å². The van der Waals surface area contributed by atoms with Crippen LogP contribution in [0.25, 0.3) is 0 Å². The molecular weight excluding hydrogens is 248 g/mol. The van der Waals surface area contributed by atoms with Crippen LogP contribution in [0, 0.1) is 5.92 Å². The van der Waals surface area contributed by atoms with Crippen molar-refractivity contribution in [3.05, 3.63) is 48.0 Å². The Morgan fingerprint density at radius 1 is 1.20 bits per heavy atom. The minimum atomic E-state index is -0.162. The van der Waals surface area contributed by atoms with Crippen molar-refractivity contribution in [2.45, 2.75) is 52.6 Å². The summed E-state index contributed by atoms with van der Waals surface area (Å²) in [5.41, 5.74) is 1.02. The van der Waals surface area contributed by atoms with Crippen molar-refractivity contribution in [1.29, 1.82) is 0 Å². The van der Waals surface area contributed by atoms with E-state index in [9.17, 15) is 4.79 Å². The third kappa shape index (κ3) is 7.13. The van der Waals surface area contributed by atoms with Crippen molar-refractivity contribution in [3.8, 4) is 0 Å². The zero-order chi connectivity index (χ0) is 14.6. The van der Waals surface area contributed by atoms with Crippen LogP contribution in [0.3, 0.4) is 0 Å². The summed E-state index contributed by atoms with van der Waals surface area (Å²) in [7, 11) is 0. The molecule has 0 unspecified atom stereocenters. The van der Waals surface area contributed by atoms with E-state index < -0.39 is 0 Å². The van der Waals surface area contributed by atoms with Gasteiger partial charge in [0.1, 0.15) is 6.61 Å². The molecule has 0 spiro atoms. The first-order chi connectivity index (χ1) is 9.74. The van der Waals surface area contributed by atoms with Crippen LogP contribution in [0.15, 0.2) is 42.5 Å². The van der Waals surface area contributed by atoms with Crippen molar-refractivity contribution in [2.24, 2.45) is 5.92 Å². The van der Waals surface area contributed by atoms with E-state index in [1.165, 1.54) is 25.7 Å². The Bertz CT molecular complexity index is 395. The fourth-order valence-corrected chi connectivity index (χ4v) is 1.93. The molecule has 2 nitrogen and oxygen atoms in total. The number of hydrogen-bond acceptors (Lipinski definition) is 2. The van der Waals surface area contributed by atoms with Crippen LogP contribution >= 0.6 is 0 Å². The summed E-state index contributed by atoms with van der Waals surface area (Å²) in [5, 5.41) is 0. The topological polar surface area (TPSA) is 26.3 Å². The van der Waals surface area contributed by atoms with Crippen LogP contribution in [-0.2, 0) is 16.1 Å². The number of ether oxygens (including phenoxy) is 1. The molecule has 0 amide bonds. The van der Waals surface area contributed by atoms with Gasteiger partial charge in [-0.05, 0) is 25.3 Å². The molecule has 1 atom stereocenters. The predicted molar refractivity (Wildman–Crippen MR) is 83.3 cm³/mol. The number of rotatable bonds is 9. The number of esters is 1. The molecule has 0 saturated heterocycles. The standard InChI is InChI=1S/C18H26O2/c1-3-4-5-6-7-9-12-16(2)18(19)20-15-17-13-10-8-11-14-17/h8-14,16H,3-7,15H2,1-2H3/b12-9+/t16-/m0/s1. The maximum Gasteiger partial charge on any atom is 0.312 e. The number of carbonyl (C=O) groups is 1. The van der Waals surface area contributed by atoms with Gasteiger partial charge in [-0.3, -0.25) is 4.79 Å². The first kappa shape index (κ1) is 16.5. The van der Waals surface area contributed by atoms with Crippen molar-refractivity contribution in [2.75, 3.05) is 0 Å². The Kier molecular flexibility index (Phi) is 8.44. The average molecular weight is 274 g/mol. The summed E-state index contributed by atoms with van der Waals surface area (Å²) < 4.78 is 5.30. The number of carbonyl (C=O) groups excluding carboxylic acids is 1. The molecule has 2 heteroatoms. The third-order valence-corrected chi connectivity index (χ3v) is 3.24. The lowest BCUT2D eigenvalue weighted by molar-refractivity contribution is -0.147. The summed E-state index contributed by atoms with van der Waals surface area (Å²) in [6.45, 7) is 4.45. The molecule has 0 N–H and O–H groups in total. The second-order valence-electron chi connectivity index (χ2n) is 5.16. The maximum absolute atomic E-state index is 11.8. The zero-order valence-electron chi connectivity index (χ0n) is 12.7. The highest BCUT2D eigenvalue weighted by molar-refractivity contribution is 5.73. The molecule has 0 fully saturated rings. The molecule has 1 aromatic rings. The van der Waals surface area contributed by atoms with E-state index in [0.29, 0.717) is 6.61 Å². The molecule has 0 radical (unpaired) electrons. The monoisotopic (exact) mass is 274 g/mol. The van der Waals surface area contributed by atoms with E-state index in [-0.39, 0.29) is 11.9 Å². The molecule has 0 heterocycles. The van der Waals surface area contributed by atoms with E-state index in [1.807, 2.05) is 43.3 Å². The highest BCUT2D eigenvalue weighted by atomic mass is 16.5. The number of unbranched alkanes of at least 4 members (excludes halogenated alkanes) is 4. The van der Waals surface area contributed by atoms with Crippen LogP contribution in [0.2, 0.25) is 0 Å². The Balaban J connectivity index is 2.20. The average Bonchev–Trinajstić information content (AvgIpc) is 2.49. The Hall–Kier alpha value is -1.57. The van der Waals surface area contributed by atoms with Crippen molar-refractivity contribution in [1.82, 2.24) is 0 Å². The number of benzene rings is 1. The lowest BCUT2D eigenvalue weighted by Gasteiger charge is -2.08. The summed E-state index contributed by atoms with van der Waals surface area (Å²) in [6.07, 6.45) is 10.1. The second-order valence-corrected chi connectivity index (χ2v) is 5.16. The molecular formula is C18H26O2. The van der Waals surface area contributed by atoms with Crippen LogP contribution in [0.4, 0.5) is 0 Å². The zero-order valence-corrected chi connectivity index (χ0v) is 12.7. The minimum absolute atomic E-state index is 0.154. The fourth-order valence-electron chi connectivity index (χ4n) is 1.93. The van der Waals surface area contributed by atoms with Gasteiger partial charge >= 0.3 is 5.97 Å². The molecule has 0 aromatic heterocycles. The van der Waals surface area contributed by atoms with Crippen molar-refractivity contribution < 1.29 is 9.53 Å². The highest BCUT2D eigenvalue weighted by Crippen LogP contribution is 2.08. The van der Waals surface area contributed by atoms with Gasteiger partial charge in [-0.1, -0.05) is 68.7 Å². The predicted octanol–water partition coefficient (Wildman–Crippen LogP) is 4.89. The van der Waals surface area contributed by atoms with Gasteiger partial charge in [-0.25, -0.2) is 0 Å². The van der Waals surface area contributed by atoms with Gasteiger partial charge in [0.25, 0.3) is 0 Å². The molecule has 1 rings (SSSR count). The second kappa shape index (κ2) is 10.2. The smallest absolute Gasteiger partial charge is 0.312 e. The molecule has 0 aliphatic rings. The van der Waals surface area contributed by atoms with Gasteiger partial charge in [0.15, 0.2) is 0 Å². The SMILES string of the molecule is CCCCCC/C=C/[C@H](C)C(=O)OCc1ccccc1. The largest absolute Gasteiger partial charge is 0.460 e. The van der Waals surface area contributed by atoms with E-state index in [2.05, 4.69) is 13.0 Å². The van der Waals surface area contributed by atoms with E-state index in [4.69, 9.17) is 4.74 Å². The molecule has 20 heavy (non-hydrogen) atoms. The Morgan fingerprint density at radius 2 is 1.95 bits per heavy atom. The molecule has 110 valence electrons. The van der Waals surface area contributed by atoms with Crippen LogP contribution in [-0.4, -0.2) is 5.97 Å². The van der Waals surface area contributed by atoms with Gasteiger partial charge in [0.05, 0.1) is 5.92 Å². The van der Waals surface area contributed by atoms with Crippen molar-refractivity contribution >= 4 is 5.97 Å². The van der Waals surface area contributed by atoms with E-state index in [0.717, 1.165) is 12.0 Å². The van der Waals surface area contributed by atoms with Gasteiger partial charge in [0.2, 0.25) is 0 Å². The summed E-state index contributed by atoms with van der Waals surface area (Å²) >= 11 is 0. The van der Waals surface area contributed by atoms with E-state index >= 15 is 0 Å². The number of hydrogen-bond donors (Lipinski definition) is 0. The minimum Gasteiger partial charge on any atom is -0.460 e. The summed E-state index contributed by atoms with van der Waals surface area (Å²) in [6, 6.07) is 9.77. The van der Waals surface area contributed by atoms with E-state index in [1.54, 1.807) is 0 Å². The Labute approximate surface area is 122 Å². The fraction of sp³-hybridized carbons (Fsp3) is 0.500. The molecule has 0 saturated carbocycles. The summed E-state index contributed by atoms with van der Waals surface area (Å²) in [4.78, 5) is 11.8. The highest BCUT2D eigenvalue weighted by Gasteiger charge is 2.10. The normalized spacial score (nSPS) is 12.5. The van der Waals surface area contributed by atoms with Crippen LogP contribution in [0.1, 0.15) is 51.5 Å². The first-order valence-corrected chi connectivity index (χ1v) is 7.61. The van der Waals surface area contributed by atoms with Crippen molar-refractivity contribution in [3.63, 3.8) is 0 Å². The van der Waals surface area contributed by atoms with Gasteiger partial charge in [-0.15, -0.1) is 0 Å². The summed E-state index contributed by atoms with van der Waals surface area (Å²) in [5.74, 6) is -0.316. The first-order valence-electron chi connectivity index (χ1n) is 7.61. The van der Waals surface area contributed by atoms with Crippen LogP contribution < -0.4 is 0 Å². The third-order valence-electron chi connectivity index (χ3n) is 3.24. The lowest BCUT2D eigenvalue weighted by atomic mass is 10.1.